The highest BCUT2D eigenvalue weighted by Crippen LogP contribution is 2.21. The number of hydrogen-bond acceptors (Lipinski definition) is 6. The van der Waals surface area contributed by atoms with Crippen LogP contribution < -0.4 is 15.8 Å². The topological polar surface area (TPSA) is 88.5 Å². The van der Waals surface area contributed by atoms with Crippen LogP contribution in [0.25, 0.3) is 5.69 Å². The number of anilines is 1. The first-order valence-electron chi connectivity index (χ1n) is 9.29. The lowest BCUT2D eigenvalue weighted by molar-refractivity contribution is -0.121. The van der Waals surface area contributed by atoms with Crippen molar-refractivity contribution in [2.24, 2.45) is 0 Å². The Morgan fingerprint density at radius 3 is 2.52 bits per heavy atom. The molecule has 3 heterocycles. The number of nitrogens with one attached hydrogen (secondary N) is 2. The minimum Gasteiger partial charge on any atom is -0.378 e. The number of amides is 2. The summed E-state index contributed by atoms with van der Waals surface area (Å²) in [5.41, 5.74) is 7.04. The lowest BCUT2D eigenvalue weighted by atomic mass is 10.1. The van der Waals surface area contributed by atoms with E-state index in [0.29, 0.717) is 13.2 Å². The predicted molar refractivity (Wildman–Crippen MR) is 110 cm³/mol. The van der Waals surface area contributed by atoms with Gasteiger partial charge in [0.25, 0.3) is 5.91 Å². The number of nitrogens with zero attached hydrogens (tertiary/aromatic N) is 3. The van der Waals surface area contributed by atoms with E-state index >= 15 is 0 Å². The lowest BCUT2D eigenvalue weighted by Gasteiger charge is -2.25. The summed E-state index contributed by atoms with van der Waals surface area (Å²) >= 11 is 1.41. The zero-order chi connectivity index (χ0) is 20.1. The molecule has 2 N–H and O–H groups in total. The highest BCUT2D eigenvalue weighted by atomic mass is 32.1. The number of hydrazine groups is 1. The minimum atomic E-state index is -0.433. The van der Waals surface area contributed by atoms with Gasteiger partial charge in [0.15, 0.2) is 5.13 Å². The first kappa shape index (κ1) is 19.2. The summed E-state index contributed by atoms with van der Waals surface area (Å²) in [6.07, 6.45) is 4.09. The molecule has 150 valence electrons. The normalized spacial score (nSPS) is 13.9. The van der Waals surface area contributed by atoms with E-state index in [0.717, 1.165) is 29.5 Å². The number of carbonyl (C=O) groups excluding carboxylic acids is 2. The monoisotopic (exact) mass is 411 g/mol. The van der Waals surface area contributed by atoms with Crippen LogP contribution in [-0.4, -0.2) is 47.7 Å². The van der Waals surface area contributed by atoms with Gasteiger partial charge in [0.2, 0.25) is 5.91 Å². The van der Waals surface area contributed by atoms with Gasteiger partial charge >= 0.3 is 0 Å². The molecule has 1 aliphatic heterocycles. The first-order chi connectivity index (χ1) is 14.2. The van der Waals surface area contributed by atoms with E-state index in [1.165, 1.54) is 11.3 Å². The van der Waals surface area contributed by atoms with Crippen LogP contribution in [0.1, 0.15) is 16.1 Å². The number of morpholine rings is 1. The molecular formula is C20H21N5O3S. The van der Waals surface area contributed by atoms with Gasteiger partial charge in [-0.05, 0) is 29.8 Å². The van der Waals surface area contributed by atoms with Gasteiger partial charge in [0, 0.05) is 36.6 Å². The average Bonchev–Trinajstić information content (AvgIpc) is 3.46. The Balaban J connectivity index is 1.27. The van der Waals surface area contributed by atoms with Gasteiger partial charge in [-0.25, -0.2) is 4.98 Å². The third kappa shape index (κ3) is 4.82. The second kappa shape index (κ2) is 8.89. The molecule has 4 rings (SSSR count). The minimum absolute atomic E-state index is 0.169. The Morgan fingerprint density at radius 2 is 1.79 bits per heavy atom. The number of hydrogen-bond donors (Lipinski definition) is 2. The summed E-state index contributed by atoms with van der Waals surface area (Å²) in [6, 6.07) is 11.6. The van der Waals surface area contributed by atoms with Gasteiger partial charge < -0.3 is 14.2 Å². The molecule has 0 atom stereocenters. The highest BCUT2D eigenvalue weighted by Gasteiger charge is 2.17. The first-order valence-corrected chi connectivity index (χ1v) is 10.2. The predicted octanol–water partition coefficient (Wildman–Crippen LogP) is 1.77. The number of thiazole rings is 1. The molecule has 0 unspecified atom stereocenters. The fourth-order valence-corrected chi connectivity index (χ4v) is 3.84. The van der Waals surface area contributed by atoms with Crippen LogP contribution in [-0.2, 0) is 16.0 Å². The molecular weight excluding hydrogens is 390 g/mol. The van der Waals surface area contributed by atoms with Crippen molar-refractivity contribution in [3.8, 4) is 5.69 Å². The van der Waals surface area contributed by atoms with Gasteiger partial charge in [-0.1, -0.05) is 12.1 Å². The van der Waals surface area contributed by atoms with Crippen LogP contribution >= 0.6 is 11.3 Å². The molecule has 0 spiro atoms. The molecule has 2 amide bonds. The second-order valence-corrected chi connectivity index (χ2v) is 7.39. The molecule has 29 heavy (non-hydrogen) atoms. The Kier molecular flexibility index (Phi) is 5.87. The van der Waals surface area contributed by atoms with Gasteiger partial charge in [-0.15, -0.1) is 11.3 Å². The van der Waals surface area contributed by atoms with Crippen LogP contribution in [0.3, 0.4) is 0 Å². The molecule has 0 aliphatic carbocycles. The fraction of sp³-hybridized carbons (Fsp3) is 0.250. The van der Waals surface area contributed by atoms with E-state index in [1.54, 1.807) is 5.38 Å². The summed E-state index contributed by atoms with van der Waals surface area (Å²) in [7, 11) is 0. The van der Waals surface area contributed by atoms with Crippen molar-refractivity contribution >= 4 is 28.3 Å². The van der Waals surface area contributed by atoms with Crippen molar-refractivity contribution in [2.75, 3.05) is 31.2 Å². The summed E-state index contributed by atoms with van der Waals surface area (Å²) in [5, 5.41) is 2.47. The third-order valence-corrected chi connectivity index (χ3v) is 5.43. The summed E-state index contributed by atoms with van der Waals surface area (Å²) < 4.78 is 7.31. The molecule has 3 aromatic rings. The molecule has 1 saturated heterocycles. The quantitative estimate of drug-likeness (QED) is 0.625. The molecule has 0 bridgehead atoms. The SMILES string of the molecule is O=C(Cc1ccc(-n2cccc2)cc1)NNC(=O)c1csc(N2CCOCC2)n1. The summed E-state index contributed by atoms with van der Waals surface area (Å²) in [5.74, 6) is -0.729. The van der Waals surface area contributed by atoms with E-state index in [1.807, 2.05) is 53.4 Å². The number of benzene rings is 1. The Morgan fingerprint density at radius 1 is 1.07 bits per heavy atom. The third-order valence-electron chi connectivity index (χ3n) is 4.53. The van der Waals surface area contributed by atoms with Crippen molar-refractivity contribution in [1.29, 1.82) is 0 Å². The maximum atomic E-state index is 12.2. The second-order valence-electron chi connectivity index (χ2n) is 6.55. The van der Waals surface area contributed by atoms with Gasteiger partial charge in [0.05, 0.1) is 19.6 Å². The van der Waals surface area contributed by atoms with E-state index in [2.05, 4.69) is 20.7 Å². The molecule has 1 aliphatic rings. The highest BCUT2D eigenvalue weighted by molar-refractivity contribution is 7.13. The smallest absolute Gasteiger partial charge is 0.289 e. The molecule has 1 fully saturated rings. The van der Waals surface area contributed by atoms with Crippen molar-refractivity contribution in [3.05, 3.63) is 65.4 Å². The van der Waals surface area contributed by atoms with Gasteiger partial charge in [0.1, 0.15) is 5.69 Å². The van der Waals surface area contributed by atoms with Crippen LogP contribution in [0.5, 0.6) is 0 Å². The Bertz CT molecular complexity index is 962. The van der Waals surface area contributed by atoms with E-state index in [-0.39, 0.29) is 18.0 Å². The maximum Gasteiger partial charge on any atom is 0.289 e. The standard InChI is InChI=1S/C20H21N5O3S/c26-18(13-15-3-5-16(6-4-15)24-7-1-2-8-24)22-23-19(27)17-14-29-20(21-17)25-9-11-28-12-10-25/h1-8,14H,9-13H2,(H,22,26)(H,23,27). The van der Waals surface area contributed by atoms with Crippen molar-refractivity contribution in [1.82, 2.24) is 20.4 Å². The average molecular weight is 411 g/mol. The van der Waals surface area contributed by atoms with Crippen LogP contribution in [0, 0.1) is 0 Å². The summed E-state index contributed by atoms with van der Waals surface area (Å²) in [6.45, 7) is 2.83. The van der Waals surface area contributed by atoms with Gasteiger partial charge in [-0.2, -0.15) is 0 Å². The maximum absolute atomic E-state index is 12.2. The van der Waals surface area contributed by atoms with Crippen molar-refractivity contribution in [2.45, 2.75) is 6.42 Å². The summed E-state index contributed by atoms with van der Waals surface area (Å²) in [4.78, 5) is 30.8. The van der Waals surface area contributed by atoms with Crippen LogP contribution in [0.4, 0.5) is 5.13 Å². The zero-order valence-corrected chi connectivity index (χ0v) is 16.5. The Hall–Kier alpha value is -3.17. The van der Waals surface area contributed by atoms with E-state index < -0.39 is 5.91 Å². The van der Waals surface area contributed by atoms with Crippen molar-refractivity contribution < 1.29 is 14.3 Å². The Labute approximate surface area is 172 Å². The van der Waals surface area contributed by atoms with Crippen molar-refractivity contribution in [3.63, 3.8) is 0 Å². The molecule has 2 aromatic heterocycles. The zero-order valence-electron chi connectivity index (χ0n) is 15.7. The number of ether oxygens (including phenoxy) is 1. The molecule has 0 radical (unpaired) electrons. The number of aromatic nitrogens is 2. The van der Waals surface area contributed by atoms with E-state index in [4.69, 9.17) is 4.74 Å². The molecule has 8 nitrogen and oxygen atoms in total. The largest absolute Gasteiger partial charge is 0.378 e. The molecule has 0 saturated carbocycles. The van der Waals surface area contributed by atoms with Crippen LogP contribution in [0.15, 0.2) is 54.2 Å². The number of rotatable bonds is 5. The fourth-order valence-electron chi connectivity index (χ4n) is 2.98. The molecule has 1 aromatic carbocycles. The lowest BCUT2D eigenvalue weighted by Crippen LogP contribution is -2.42. The van der Waals surface area contributed by atoms with E-state index in [9.17, 15) is 9.59 Å². The van der Waals surface area contributed by atoms with Crippen LogP contribution in [0.2, 0.25) is 0 Å². The number of carbonyl (C=O) groups is 2. The molecule has 9 heteroatoms. The van der Waals surface area contributed by atoms with Gasteiger partial charge in [-0.3, -0.25) is 20.4 Å².